The van der Waals surface area contributed by atoms with E-state index < -0.39 is 0 Å². The molecule has 0 saturated heterocycles. The monoisotopic (exact) mass is 299 g/mol. The lowest BCUT2D eigenvalue weighted by Gasteiger charge is -2.55. The Labute approximate surface area is 132 Å². The highest BCUT2D eigenvalue weighted by atomic mass is 16.6. The van der Waals surface area contributed by atoms with Crippen LogP contribution in [-0.4, -0.2) is 11.7 Å². The Kier molecular flexibility index (Phi) is 3.39. The molecule has 118 valence electrons. The van der Waals surface area contributed by atoms with Gasteiger partial charge in [-0.1, -0.05) is 19.1 Å². The highest BCUT2D eigenvalue weighted by molar-refractivity contribution is 5.84. The lowest BCUT2D eigenvalue weighted by atomic mass is 9.54. The van der Waals surface area contributed by atoms with E-state index in [-0.39, 0.29) is 11.7 Å². The third-order valence-corrected chi connectivity index (χ3v) is 5.90. The minimum Gasteiger partial charge on any atom is -0.443 e. The van der Waals surface area contributed by atoms with Gasteiger partial charge in [-0.3, -0.25) is 5.32 Å². The van der Waals surface area contributed by atoms with Crippen LogP contribution in [-0.2, 0) is 11.2 Å². The van der Waals surface area contributed by atoms with Crippen molar-refractivity contribution in [2.24, 2.45) is 17.8 Å². The van der Waals surface area contributed by atoms with Crippen molar-refractivity contribution >= 4 is 11.8 Å². The molecule has 1 aromatic carbocycles. The minimum atomic E-state index is -0.272. The van der Waals surface area contributed by atoms with E-state index in [0.717, 1.165) is 49.1 Å². The first kappa shape index (κ1) is 14.1. The molecule has 0 radical (unpaired) electrons. The molecule has 4 aliphatic rings. The molecule has 5 rings (SSSR count). The van der Waals surface area contributed by atoms with Gasteiger partial charge in [-0.15, -0.1) is 0 Å². The maximum Gasteiger partial charge on any atom is 0.412 e. The van der Waals surface area contributed by atoms with Crippen LogP contribution < -0.4 is 5.32 Å². The zero-order valence-corrected chi connectivity index (χ0v) is 13.3. The Morgan fingerprint density at radius 3 is 2.14 bits per heavy atom. The summed E-state index contributed by atoms with van der Waals surface area (Å²) < 4.78 is 5.96. The van der Waals surface area contributed by atoms with Gasteiger partial charge in [-0.25, -0.2) is 4.79 Å². The lowest BCUT2D eigenvalue weighted by molar-refractivity contribution is -0.124. The maximum atomic E-state index is 12.3. The molecule has 1 amide bonds. The molecular formula is C19H25NO2. The van der Waals surface area contributed by atoms with Crippen LogP contribution in [0, 0.1) is 17.8 Å². The van der Waals surface area contributed by atoms with Crippen molar-refractivity contribution in [2.75, 3.05) is 5.32 Å². The summed E-state index contributed by atoms with van der Waals surface area (Å²) in [4.78, 5) is 12.3. The van der Waals surface area contributed by atoms with E-state index in [1.807, 2.05) is 12.1 Å². The van der Waals surface area contributed by atoms with Crippen LogP contribution >= 0.6 is 0 Å². The largest absolute Gasteiger partial charge is 0.443 e. The molecule has 0 heterocycles. The fourth-order valence-electron chi connectivity index (χ4n) is 5.32. The molecule has 4 fully saturated rings. The topological polar surface area (TPSA) is 38.3 Å². The standard InChI is InChI=1S/C19H25NO2/c1-2-13-3-5-17(6-4-13)20-18(21)22-19-10-14-7-15(11-19)9-16(8-14)12-19/h3-6,14-16H,2,7-12H2,1H3,(H,20,21). The SMILES string of the molecule is CCc1ccc(NC(=O)OC23CC4CC(CC(C4)C2)C3)cc1. The van der Waals surface area contributed by atoms with Gasteiger partial charge in [0.25, 0.3) is 0 Å². The number of hydrogen-bond donors (Lipinski definition) is 1. The second kappa shape index (κ2) is 5.29. The number of carbonyl (C=O) groups is 1. The van der Waals surface area contributed by atoms with Crippen molar-refractivity contribution < 1.29 is 9.53 Å². The number of benzene rings is 1. The van der Waals surface area contributed by atoms with Crippen LogP contribution in [0.15, 0.2) is 24.3 Å². The molecule has 3 heteroatoms. The third-order valence-electron chi connectivity index (χ3n) is 5.90. The van der Waals surface area contributed by atoms with Crippen molar-refractivity contribution in [3.05, 3.63) is 29.8 Å². The molecule has 1 N–H and O–H groups in total. The van der Waals surface area contributed by atoms with Gasteiger partial charge in [-0.2, -0.15) is 0 Å². The molecular weight excluding hydrogens is 274 g/mol. The van der Waals surface area contributed by atoms with Crippen molar-refractivity contribution in [1.29, 1.82) is 0 Å². The first-order valence-corrected chi connectivity index (χ1v) is 8.73. The third kappa shape index (κ3) is 2.62. The van der Waals surface area contributed by atoms with E-state index >= 15 is 0 Å². The van der Waals surface area contributed by atoms with Crippen molar-refractivity contribution in [3.8, 4) is 0 Å². The van der Waals surface area contributed by atoms with E-state index in [0.29, 0.717) is 0 Å². The summed E-state index contributed by atoms with van der Waals surface area (Å²) in [5.41, 5.74) is 1.94. The molecule has 3 nitrogen and oxygen atoms in total. The predicted molar refractivity (Wildman–Crippen MR) is 86.8 cm³/mol. The van der Waals surface area contributed by atoms with Gasteiger partial charge in [0.2, 0.25) is 0 Å². The number of amides is 1. The summed E-state index contributed by atoms with van der Waals surface area (Å²) in [6, 6.07) is 8.03. The molecule has 0 aromatic heterocycles. The van der Waals surface area contributed by atoms with Gasteiger partial charge >= 0.3 is 6.09 Å². The fourth-order valence-corrected chi connectivity index (χ4v) is 5.32. The number of carbonyl (C=O) groups excluding carboxylic acids is 1. The molecule has 0 spiro atoms. The summed E-state index contributed by atoms with van der Waals surface area (Å²) in [6.07, 6.45) is 8.08. The molecule has 4 aliphatic carbocycles. The zero-order valence-electron chi connectivity index (χ0n) is 13.3. The molecule has 22 heavy (non-hydrogen) atoms. The average Bonchev–Trinajstić information content (AvgIpc) is 2.45. The van der Waals surface area contributed by atoms with E-state index in [9.17, 15) is 4.79 Å². The van der Waals surface area contributed by atoms with Crippen LogP contribution in [0.5, 0.6) is 0 Å². The van der Waals surface area contributed by atoms with Crippen LogP contribution in [0.1, 0.15) is 51.0 Å². The molecule has 1 aromatic rings. The van der Waals surface area contributed by atoms with Crippen molar-refractivity contribution in [1.82, 2.24) is 0 Å². The number of anilines is 1. The Bertz CT molecular complexity index is 528. The summed E-state index contributed by atoms with van der Waals surface area (Å²) in [6.45, 7) is 2.13. The van der Waals surface area contributed by atoms with E-state index in [1.54, 1.807) is 0 Å². The maximum absolute atomic E-state index is 12.3. The Morgan fingerprint density at radius 1 is 1.09 bits per heavy atom. The summed E-state index contributed by atoms with van der Waals surface area (Å²) in [5.74, 6) is 2.38. The zero-order chi connectivity index (χ0) is 15.2. The van der Waals surface area contributed by atoms with Crippen LogP contribution in [0.2, 0.25) is 0 Å². The molecule has 4 bridgehead atoms. The van der Waals surface area contributed by atoms with E-state index in [2.05, 4.69) is 24.4 Å². The highest BCUT2D eigenvalue weighted by Crippen LogP contribution is 2.57. The predicted octanol–water partition coefficient (Wildman–Crippen LogP) is 4.77. The number of ether oxygens (including phenoxy) is 1. The molecule has 0 aliphatic heterocycles. The van der Waals surface area contributed by atoms with Gasteiger partial charge in [0.15, 0.2) is 0 Å². The van der Waals surface area contributed by atoms with Crippen LogP contribution in [0.25, 0.3) is 0 Å². The average molecular weight is 299 g/mol. The Hall–Kier alpha value is -1.51. The summed E-state index contributed by atoms with van der Waals surface area (Å²) >= 11 is 0. The van der Waals surface area contributed by atoms with Gasteiger partial charge in [0.05, 0.1) is 0 Å². The summed E-state index contributed by atoms with van der Waals surface area (Å²) in [5, 5.41) is 2.91. The molecule has 0 unspecified atom stereocenters. The van der Waals surface area contributed by atoms with Gasteiger partial charge < -0.3 is 4.74 Å². The van der Waals surface area contributed by atoms with E-state index in [1.165, 1.54) is 24.8 Å². The van der Waals surface area contributed by atoms with Gasteiger partial charge in [0, 0.05) is 5.69 Å². The van der Waals surface area contributed by atoms with E-state index in [4.69, 9.17) is 4.74 Å². The highest BCUT2D eigenvalue weighted by Gasteiger charge is 2.53. The first-order valence-electron chi connectivity index (χ1n) is 8.73. The van der Waals surface area contributed by atoms with Gasteiger partial charge in [-0.05, 0) is 80.4 Å². The van der Waals surface area contributed by atoms with Crippen molar-refractivity contribution in [2.45, 2.75) is 57.5 Å². The fraction of sp³-hybridized carbons (Fsp3) is 0.632. The number of hydrogen-bond acceptors (Lipinski definition) is 2. The number of nitrogens with one attached hydrogen (secondary N) is 1. The second-order valence-corrected chi connectivity index (χ2v) is 7.67. The smallest absolute Gasteiger partial charge is 0.412 e. The number of rotatable bonds is 3. The second-order valence-electron chi connectivity index (χ2n) is 7.67. The lowest BCUT2D eigenvalue weighted by Crippen LogP contribution is -2.53. The summed E-state index contributed by atoms with van der Waals surface area (Å²) in [7, 11) is 0. The molecule has 4 saturated carbocycles. The van der Waals surface area contributed by atoms with Crippen LogP contribution in [0.4, 0.5) is 10.5 Å². The normalized spacial score (nSPS) is 35.4. The molecule has 0 atom stereocenters. The Balaban J connectivity index is 1.41. The Morgan fingerprint density at radius 2 is 1.64 bits per heavy atom. The van der Waals surface area contributed by atoms with Crippen LogP contribution in [0.3, 0.4) is 0 Å². The minimum absolute atomic E-state index is 0.164. The quantitative estimate of drug-likeness (QED) is 0.873. The van der Waals surface area contributed by atoms with Gasteiger partial charge in [0.1, 0.15) is 5.60 Å². The first-order chi connectivity index (χ1) is 10.6. The van der Waals surface area contributed by atoms with Crippen molar-refractivity contribution in [3.63, 3.8) is 0 Å². The number of aryl methyl sites for hydroxylation is 1.